The van der Waals surface area contributed by atoms with Crippen LogP contribution in [-0.2, 0) is 10.2 Å². The molecule has 1 fully saturated rings. The zero-order chi connectivity index (χ0) is 10.3. The number of phenolic OH excluding ortho intramolecular Hbond substituents is 1. The number of carbonyl (C=O) groups is 1. The fourth-order valence-corrected chi connectivity index (χ4v) is 1.76. The van der Waals surface area contributed by atoms with Crippen molar-refractivity contribution < 1.29 is 15.0 Å². The number of hydrogen-bond acceptors (Lipinski definition) is 2. The molecule has 0 bridgehead atoms. The van der Waals surface area contributed by atoms with Crippen molar-refractivity contribution in [3.63, 3.8) is 0 Å². The van der Waals surface area contributed by atoms with Crippen LogP contribution in [0.3, 0.4) is 0 Å². The first-order chi connectivity index (χ1) is 6.56. The standard InChI is InChI=1S/C11H12O3/c1-7-2-3-9(12)8(6-7)11(4-5-11)10(13)14/h2-3,6,12H,4-5H2,1H3,(H,13,14). The molecule has 1 aliphatic rings. The number of hydrogen-bond donors (Lipinski definition) is 2. The molecular formula is C11H12O3. The molecule has 0 saturated heterocycles. The van der Waals surface area contributed by atoms with Crippen molar-refractivity contribution in [1.82, 2.24) is 0 Å². The van der Waals surface area contributed by atoms with Crippen molar-refractivity contribution in [2.45, 2.75) is 25.2 Å². The van der Waals surface area contributed by atoms with E-state index >= 15 is 0 Å². The summed E-state index contributed by atoms with van der Waals surface area (Å²) >= 11 is 0. The first kappa shape index (κ1) is 9.06. The average Bonchev–Trinajstić information content (AvgIpc) is 2.90. The van der Waals surface area contributed by atoms with Crippen molar-refractivity contribution in [1.29, 1.82) is 0 Å². The number of carboxylic acid groups (broad SMARTS) is 1. The van der Waals surface area contributed by atoms with Gasteiger partial charge < -0.3 is 10.2 Å². The summed E-state index contributed by atoms with van der Waals surface area (Å²) in [5, 5.41) is 18.7. The fourth-order valence-electron chi connectivity index (χ4n) is 1.76. The maximum Gasteiger partial charge on any atom is 0.314 e. The number of benzene rings is 1. The van der Waals surface area contributed by atoms with Gasteiger partial charge in [-0.2, -0.15) is 0 Å². The summed E-state index contributed by atoms with van der Waals surface area (Å²) in [7, 11) is 0. The predicted octanol–water partition coefficient (Wildman–Crippen LogP) is 1.82. The average molecular weight is 192 g/mol. The Kier molecular flexibility index (Phi) is 1.77. The van der Waals surface area contributed by atoms with Gasteiger partial charge in [-0.25, -0.2) is 0 Å². The Labute approximate surface area is 82.0 Å². The molecule has 3 nitrogen and oxygen atoms in total. The summed E-state index contributed by atoms with van der Waals surface area (Å²) in [5.74, 6) is -0.742. The van der Waals surface area contributed by atoms with E-state index in [1.807, 2.05) is 6.92 Å². The Morgan fingerprint density at radius 2 is 2.07 bits per heavy atom. The summed E-state index contributed by atoms with van der Waals surface area (Å²) in [4.78, 5) is 11.0. The molecule has 0 heterocycles. The lowest BCUT2D eigenvalue weighted by atomic mass is 9.94. The third kappa shape index (κ3) is 1.16. The SMILES string of the molecule is Cc1ccc(O)c(C2(C(=O)O)CC2)c1. The van der Waals surface area contributed by atoms with E-state index in [9.17, 15) is 9.90 Å². The maximum absolute atomic E-state index is 11.0. The molecule has 1 aromatic carbocycles. The molecule has 2 N–H and O–H groups in total. The topological polar surface area (TPSA) is 57.5 Å². The van der Waals surface area contributed by atoms with E-state index < -0.39 is 11.4 Å². The lowest BCUT2D eigenvalue weighted by Crippen LogP contribution is -2.19. The van der Waals surface area contributed by atoms with Crippen LogP contribution in [0, 0.1) is 6.92 Å². The Morgan fingerprint density at radius 3 is 2.57 bits per heavy atom. The zero-order valence-electron chi connectivity index (χ0n) is 7.95. The number of aliphatic carboxylic acids is 1. The van der Waals surface area contributed by atoms with E-state index in [2.05, 4.69) is 0 Å². The highest BCUT2D eigenvalue weighted by atomic mass is 16.4. The van der Waals surface area contributed by atoms with E-state index in [1.165, 1.54) is 0 Å². The van der Waals surface area contributed by atoms with Crippen LogP contribution in [-0.4, -0.2) is 16.2 Å². The molecule has 0 radical (unpaired) electrons. The second-order valence-corrected chi connectivity index (χ2v) is 3.91. The van der Waals surface area contributed by atoms with Gasteiger partial charge in [0.1, 0.15) is 5.75 Å². The van der Waals surface area contributed by atoms with Gasteiger partial charge >= 0.3 is 5.97 Å². The van der Waals surface area contributed by atoms with Crippen LogP contribution >= 0.6 is 0 Å². The van der Waals surface area contributed by atoms with E-state index in [-0.39, 0.29) is 5.75 Å². The lowest BCUT2D eigenvalue weighted by molar-refractivity contribution is -0.140. The molecule has 0 spiro atoms. The van der Waals surface area contributed by atoms with Crippen LogP contribution < -0.4 is 0 Å². The summed E-state index contributed by atoms with van der Waals surface area (Å²) in [6, 6.07) is 5.10. The minimum atomic E-state index is -0.835. The molecule has 3 heteroatoms. The predicted molar refractivity (Wildman–Crippen MR) is 51.4 cm³/mol. The molecule has 2 rings (SSSR count). The minimum Gasteiger partial charge on any atom is -0.508 e. The molecule has 1 saturated carbocycles. The van der Waals surface area contributed by atoms with E-state index in [4.69, 9.17) is 5.11 Å². The second kappa shape index (κ2) is 2.74. The zero-order valence-corrected chi connectivity index (χ0v) is 7.95. The van der Waals surface area contributed by atoms with Crippen LogP contribution in [0.1, 0.15) is 24.0 Å². The minimum absolute atomic E-state index is 0.0931. The molecular weight excluding hydrogens is 180 g/mol. The number of aromatic hydroxyl groups is 1. The van der Waals surface area contributed by atoms with E-state index in [0.717, 1.165) is 5.56 Å². The highest BCUT2D eigenvalue weighted by molar-refractivity contribution is 5.86. The summed E-state index contributed by atoms with van der Waals surface area (Å²) in [6.45, 7) is 1.89. The number of rotatable bonds is 2. The summed E-state index contributed by atoms with van der Waals surface area (Å²) in [5.41, 5.74) is 0.728. The molecule has 0 amide bonds. The Hall–Kier alpha value is -1.51. The first-order valence-corrected chi connectivity index (χ1v) is 4.60. The molecule has 74 valence electrons. The maximum atomic E-state index is 11.0. The third-order valence-electron chi connectivity index (χ3n) is 2.83. The summed E-state index contributed by atoms with van der Waals surface area (Å²) < 4.78 is 0. The Balaban J connectivity index is 2.51. The van der Waals surface area contributed by atoms with Gasteiger partial charge in [0, 0.05) is 5.56 Å². The fraction of sp³-hybridized carbons (Fsp3) is 0.364. The van der Waals surface area contributed by atoms with Crippen molar-refractivity contribution in [2.75, 3.05) is 0 Å². The molecule has 1 aliphatic carbocycles. The van der Waals surface area contributed by atoms with Crippen LogP contribution in [0.25, 0.3) is 0 Å². The Bertz CT molecular complexity index is 392. The van der Waals surface area contributed by atoms with Gasteiger partial charge in [-0.05, 0) is 25.8 Å². The molecule has 0 atom stereocenters. The largest absolute Gasteiger partial charge is 0.508 e. The van der Waals surface area contributed by atoms with Crippen LogP contribution in [0.5, 0.6) is 5.75 Å². The van der Waals surface area contributed by atoms with Crippen molar-refractivity contribution in [3.05, 3.63) is 29.3 Å². The van der Waals surface area contributed by atoms with Crippen LogP contribution in [0.15, 0.2) is 18.2 Å². The number of phenols is 1. The quantitative estimate of drug-likeness (QED) is 0.751. The van der Waals surface area contributed by atoms with Crippen molar-refractivity contribution in [2.24, 2.45) is 0 Å². The third-order valence-corrected chi connectivity index (χ3v) is 2.83. The lowest BCUT2D eigenvalue weighted by Gasteiger charge is -2.12. The summed E-state index contributed by atoms with van der Waals surface area (Å²) in [6.07, 6.45) is 1.25. The number of carboxylic acids is 1. The van der Waals surface area contributed by atoms with E-state index in [1.54, 1.807) is 18.2 Å². The van der Waals surface area contributed by atoms with Gasteiger partial charge in [0.25, 0.3) is 0 Å². The van der Waals surface area contributed by atoms with Crippen molar-refractivity contribution in [3.8, 4) is 5.75 Å². The molecule has 0 aliphatic heterocycles. The normalized spacial score (nSPS) is 17.8. The first-order valence-electron chi connectivity index (χ1n) is 4.60. The second-order valence-electron chi connectivity index (χ2n) is 3.91. The molecule has 1 aromatic rings. The van der Waals surface area contributed by atoms with Crippen LogP contribution in [0.4, 0.5) is 0 Å². The van der Waals surface area contributed by atoms with E-state index in [0.29, 0.717) is 18.4 Å². The highest BCUT2D eigenvalue weighted by Crippen LogP contribution is 2.51. The van der Waals surface area contributed by atoms with Gasteiger partial charge in [-0.3, -0.25) is 4.79 Å². The number of aryl methyl sites for hydroxylation is 1. The highest BCUT2D eigenvalue weighted by Gasteiger charge is 2.53. The smallest absolute Gasteiger partial charge is 0.314 e. The van der Waals surface area contributed by atoms with Gasteiger partial charge in [-0.15, -0.1) is 0 Å². The molecule has 0 aromatic heterocycles. The molecule has 0 unspecified atom stereocenters. The van der Waals surface area contributed by atoms with Gasteiger partial charge in [0.2, 0.25) is 0 Å². The van der Waals surface area contributed by atoms with Gasteiger partial charge in [-0.1, -0.05) is 17.7 Å². The Morgan fingerprint density at radius 1 is 1.43 bits per heavy atom. The molecule has 14 heavy (non-hydrogen) atoms. The van der Waals surface area contributed by atoms with Gasteiger partial charge in [0.05, 0.1) is 5.41 Å². The monoisotopic (exact) mass is 192 g/mol. The van der Waals surface area contributed by atoms with Crippen molar-refractivity contribution >= 4 is 5.97 Å². The van der Waals surface area contributed by atoms with Crippen LogP contribution in [0.2, 0.25) is 0 Å². The van der Waals surface area contributed by atoms with Gasteiger partial charge in [0.15, 0.2) is 0 Å².